The Kier molecular flexibility index (Phi) is 6.46. The van der Waals surface area contributed by atoms with Crippen LogP contribution in [0.1, 0.15) is 32.9 Å². The minimum Gasteiger partial charge on any atom is -0.383 e. The summed E-state index contributed by atoms with van der Waals surface area (Å²) in [7, 11) is 0. The lowest BCUT2D eigenvalue weighted by molar-refractivity contribution is 0.0950. The van der Waals surface area contributed by atoms with Gasteiger partial charge in [0.25, 0.3) is 11.5 Å². The molecule has 36 heavy (non-hydrogen) atoms. The molecule has 0 unspecified atom stereocenters. The first kappa shape index (κ1) is 23.3. The lowest BCUT2D eigenvalue weighted by Gasteiger charge is -2.10. The first-order valence-electron chi connectivity index (χ1n) is 11.2. The number of fused-ring (bicyclic) bond motifs is 1. The molecule has 10 heteroatoms. The number of hydrogen-bond donors (Lipinski definition) is 3. The second-order valence-electron chi connectivity index (χ2n) is 8.32. The van der Waals surface area contributed by atoms with Crippen molar-refractivity contribution in [1.82, 2.24) is 30.0 Å². The van der Waals surface area contributed by atoms with Crippen LogP contribution in [0.15, 0.2) is 78.0 Å². The molecule has 5 rings (SSSR count). The van der Waals surface area contributed by atoms with E-state index < -0.39 is 0 Å². The molecule has 4 heterocycles. The maximum absolute atomic E-state index is 12.8. The number of nitrogens with zero attached hydrogens (tertiary/aromatic N) is 4. The van der Waals surface area contributed by atoms with Gasteiger partial charge in [-0.2, -0.15) is 5.10 Å². The van der Waals surface area contributed by atoms with E-state index in [0.29, 0.717) is 40.8 Å². The predicted octanol–water partition coefficient (Wildman–Crippen LogP) is 3.32. The smallest absolute Gasteiger partial charge is 0.253 e. The first-order chi connectivity index (χ1) is 17.5. The van der Waals surface area contributed by atoms with E-state index in [1.807, 2.05) is 24.3 Å². The molecule has 0 saturated carbocycles. The molecular weight excluding hydrogens is 478 g/mol. The number of H-pyrrole nitrogens is 1. The summed E-state index contributed by atoms with van der Waals surface area (Å²) < 4.78 is 1.56. The van der Waals surface area contributed by atoms with Crippen molar-refractivity contribution in [3.63, 3.8) is 0 Å². The number of nitrogens with two attached hydrogens (primary N) is 1. The van der Waals surface area contributed by atoms with Crippen LogP contribution in [0, 0.1) is 0 Å². The molecule has 0 saturated heterocycles. The van der Waals surface area contributed by atoms with E-state index in [4.69, 9.17) is 17.3 Å². The number of carbonyl (C=O) groups is 1. The third kappa shape index (κ3) is 5.11. The number of pyridine rings is 3. The highest BCUT2D eigenvalue weighted by Crippen LogP contribution is 2.21. The topological polar surface area (TPSA) is 132 Å². The molecule has 0 spiro atoms. The van der Waals surface area contributed by atoms with Gasteiger partial charge in [-0.15, -0.1) is 0 Å². The van der Waals surface area contributed by atoms with E-state index in [-0.39, 0.29) is 18.0 Å². The number of nitrogens with one attached hydrogen (secondary N) is 2. The quantitative estimate of drug-likeness (QED) is 0.315. The second kappa shape index (κ2) is 10.0. The Labute approximate surface area is 211 Å². The van der Waals surface area contributed by atoms with Gasteiger partial charge in [-0.1, -0.05) is 23.7 Å². The Balaban J connectivity index is 1.26. The van der Waals surface area contributed by atoms with Crippen molar-refractivity contribution < 1.29 is 4.79 Å². The molecule has 5 aromatic rings. The Morgan fingerprint density at radius 2 is 2.00 bits per heavy atom. The van der Waals surface area contributed by atoms with Gasteiger partial charge in [-0.3, -0.25) is 19.7 Å². The molecule has 1 amide bonds. The SMILES string of the molecule is Nc1nc(Cn2ccccc2=O)ccc1Cc1cncc(C(=O)NCc2n[nH]c3ccc(Cl)cc23)c1. The number of anilines is 1. The summed E-state index contributed by atoms with van der Waals surface area (Å²) >= 11 is 6.09. The number of benzene rings is 1. The zero-order valence-corrected chi connectivity index (χ0v) is 19.9. The molecule has 1 aromatic carbocycles. The largest absolute Gasteiger partial charge is 0.383 e. The van der Waals surface area contributed by atoms with Crippen LogP contribution in [0.25, 0.3) is 10.9 Å². The molecule has 0 aliphatic heterocycles. The van der Waals surface area contributed by atoms with E-state index in [0.717, 1.165) is 22.0 Å². The number of aromatic amines is 1. The number of nitrogen functional groups attached to an aromatic ring is 1. The monoisotopic (exact) mass is 499 g/mol. The summed E-state index contributed by atoms with van der Waals surface area (Å²) in [4.78, 5) is 33.4. The minimum absolute atomic E-state index is 0.104. The van der Waals surface area contributed by atoms with Crippen LogP contribution in [-0.4, -0.2) is 30.6 Å². The first-order valence-corrected chi connectivity index (χ1v) is 11.6. The Morgan fingerprint density at radius 3 is 2.83 bits per heavy atom. The van der Waals surface area contributed by atoms with Crippen LogP contribution in [-0.2, 0) is 19.5 Å². The predicted molar refractivity (Wildman–Crippen MR) is 138 cm³/mol. The van der Waals surface area contributed by atoms with Crippen LogP contribution < -0.4 is 16.6 Å². The Morgan fingerprint density at radius 1 is 1.11 bits per heavy atom. The summed E-state index contributed by atoms with van der Waals surface area (Å²) in [6.07, 6.45) is 5.37. The van der Waals surface area contributed by atoms with E-state index in [9.17, 15) is 9.59 Å². The standard InChI is InChI=1S/C26H22ClN7O2/c27-19-5-7-22-21(11-19)23(33-32-22)14-30-26(36)18-10-16(12-29-13-18)9-17-4-6-20(31-25(17)28)15-34-8-2-1-3-24(34)35/h1-8,10-13H,9,14-15H2,(H2,28,31)(H,30,36)(H,32,33). The van der Waals surface area contributed by atoms with E-state index in [1.165, 1.54) is 12.3 Å². The van der Waals surface area contributed by atoms with Crippen molar-refractivity contribution in [3.05, 3.63) is 117 Å². The lowest BCUT2D eigenvalue weighted by atomic mass is 10.1. The fourth-order valence-electron chi connectivity index (χ4n) is 3.92. The zero-order chi connectivity index (χ0) is 25.1. The Hall–Kier alpha value is -4.50. The fourth-order valence-corrected chi connectivity index (χ4v) is 4.09. The molecule has 0 aliphatic rings. The molecule has 4 N–H and O–H groups in total. The molecule has 180 valence electrons. The molecule has 0 aliphatic carbocycles. The van der Waals surface area contributed by atoms with Gasteiger partial charge < -0.3 is 15.6 Å². The average Bonchev–Trinajstić information content (AvgIpc) is 3.28. The minimum atomic E-state index is -0.266. The molecule has 0 fully saturated rings. The van der Waals surface area contributed by atoms with Gasteiger partial charge >= 0.3 is 0 Å². The third-order valence-corrected chi connectivity index (χ3v) is 6.01. The van der Waals surface area contributed by atoms with Crippen molar-refractivity contribution in [2.45, 2.75) is 19.5 Å². The van der Waals surface area contributed by atoms with E-state index in [2.05, 4.69) is 25.5 Å². The number of aromatic nitrogens is 5. The van der Waals surface area contributed by atoms with E-state index >= 15 is 0 Å². The van der Waals surface area contributed by atoms with Gasteiger partial charge in [0.2, 0.25) is 0 Å². The van der Waals surface area contributed by atoms with Crippen molar-refractivity contribution in [2.24, 2.45) is 0 Å². The zero-order valence-electron chi connectivity index (χ0n) is 19.1. The summed E-state index contributed by atoms with van der Waals surface area (Å²) in [6, 6.07) is 15.9. The highest BCUT2D eigenvalue weighted by Gasteiger charge is 2.12. The summed E-state index contributed by atoms with van der Waals surface area (Å²) in [6.45, 7) is 0.574. The van der Waals surface area contributed by atoms with Crippen molar-refractivity contribution in [2.75, 3.05) is 5.73 Å². The number of rotatable bonds is 7. The van der Waals surface area contributed by atoms with Gasteiger partial charge in [0, 0.05) is 41.5 Å². The normalized spacial score (nSPS) is 11.0. The van der Waals surface area contributed by atoms with Gasteiger partial charge in [0.05, 0.1) is 35.6 Å². The Bertz CT molecular complexity index is 1630. The molecule has 9 nitrogen and oxygen atoms in total. The molecular formula is C26H22ClN7O2. The summed E-state index contributed by atoms with van der Waals surface area (Å²) in [5.41, 5.74) is 10.4. The number of amides is 1. The van der Waals surface area contributed by atoms with Gasteiger partial charge in [0.15, 0.2) is 0 Å². The fraction of sp³-hybridized carbons (Fsp3) is 0.115. The highest BCUT2D eigenvalue weighted by atomic mass is 35.5. The number of halogens is 1. The highest BCUT2D eigenvalue weighted by molar-refractivity contribution is 6.31. The van der Waals surface area contributed by atoms with E-state index in [1.54, 1.807) is 41.2 Å². The third-order valence-electron chi connectivity index (χ3n) is 5.77. The van der Waals surface area contributed by atoms with Gasteiger partial charge in [-0.05, 0) is 47.5 Å². The van der Waals surface area contributed by atoms with Crippen LogP contribution >= 0.6 is 11.6 Å². The maximum Gasteiger partial charge on any atom is 0.253 e. The molecule has 0 radical (unpaired) electrons. The molecule has 0 atom stereocenters. The molecule has 0 bridgehead atoms. The van der Waals surface area contributed by atoms with Crippen molar-refractivity contribution >= 4 is 34.2 Å². The van der Waals surface area contributed by atoms with Crippen LogP contribution in [0.5, 0.6) is 0 Å². The maximum atomic E-state index is 12.8. The number of hydrogen-bond acceptors (Lipinski definition) is 6. The molecule has 4 aromatic heterocycles. The lowest BCUT2D eigenvalue weighted by Crippen LogP contribution is -2.23. The van der Waals surface area contributed by atoms with Crippen LogP contribution in [0.2, 0.25) is 5.02 Å². The van der Waals surface area contributed by atoms with Crippen molar-refractivity contribution in [3.8, 4) is 0 Å². The van der Waals surface area contributed by atoms with Gasteiger partial charge in [-0.25, -0.2) is 4.98 Å². The summed E-state index contributed by atoms with van der Waals surface area (Å²) in [5.74, 6) is 0.104. The van der Waals surface area contributed by atoms with Crippen LogP contribution in [0.3, 0.4) is 0 Å². The number of carbonyl (C=O) groups excluding carboxylic acids is 1. The van der Waals surface area contributed by atoms with Crippen molar-refractivity contribution in [1.29, 1.82) is 0 Å². The second-order valence-corrected chi connectivity index (χ2v) is 8.75. The van der Waals surface area contributed by atoms with Gasteiger partial charge in [0.1, 0.15) is 5.82 Å². The average molecular weight is 500 g/mol. The summed E-state index contributed by atoms with van der Waals surface area (Å²) in [5, 5.41) is 11.5. The van der Waals surface area contributed by atoms with Crippen LogP contribution in [0.4, 0.5) is 5.82 Å².